The molecule has 1 aliphatic heterocycles. The molecule has 0 bridgehead atoms. The predicted molar refractivity (Wildman–Crippen MR) is 107 cm³/mol. The maximum atomic E-state index is 13.4. The number of rotatable bonds is 6. The molecular weight excluding hydrogens is 373 g/mol. The summed E-state index contributed by atoms with van der Waals surface area (Å²) >= 11 is 0. The molecule has 2 aromatic heterocycles. The lowest BCUT2D eigenvalue weighted by molar-refractivity contribution is 0.0383. The van der Waals surface area contributed by atoms with Crippen LogP contribution < -0.4 is 5.32 Å². The number of hydrogen-bond donors (Lipinski definition) is 1. The fourth-order valence-corrected chi connectivity index (χ4v) is 3.50. The van der Waals surface area contributed by atoms with Gasteiger partial charge in [0.05, 0.1) is 24.6 Å². The molecule has 0 radical (unpaired) electrons. The third-order valence-corrected chi connectivity index (χ3v) is 5.00. The Balaban J connectivity index is 1.60. The molecule has 0 unspecified atom stereocenters. The van der Waals surface area contributed by atoms with Gasteiger partial charge >= 0.3 is 0 Å². The lowest BCUT2D eigenvalue weighted by atomic mass is 10.2. The molecule has 3 aromatic rings. The van der Waals surface area contributed by atoms with Crippen molar-refractivity contribution in [2.75, 3.05) is 39.4 Å². The van der Waals surface area contributed by atoms with E-state index >= 15 is 0 Å². The molecule has 1 fully saturated rings. The van der Waals surface area contributed by atoms with E-state index in [9.17, 15) is 9.18 Å². The summed E-state index contributed by atoms with van der Waals surface area (Å²) in [6, 6.07) is 9.83. The number of nitrogens with one attached hydrogen (secondary N) is 1. The van der Waals surface area contributed by atoms with Gasteiger partial charge in [-0.25, -0.2) is 9.07 Å². The number of ether oxygens (including phenoxy) is 1. The Hall–Kier alpha value is -2.97. The molecule has 29 heavy (non-hydrogen) atoms. The molecule has 0 aliphatic carbocycles. The van der Waals surface area contributed by atoms with Gasteiger partial charge in [-0.1, -0.05) is 0 Å². The first-order chi connectivity index (χ1) is 14.1. The number of halogens is 1. The van der Waals surface area contributed by atoms with Crippen LogP contribution in [0.2, 0.25) is 0 Å². The van der Waals surface area contributed by atoms with E-state index in [4.69, 9.17) is 4.74 Å². The van der Waals surface area contributed by atoms with Crippen LogP contribution in [0.1, 0.15) is 16.1 Å². The van der Waals surface area contributed by atoms with Crippen LogP contribution in [-0.2, 0) is 4.74 Å². The van der Waals surface area contributed by atoms with Gasteiger partial charge in [-0.05, 0) is 43.3 Å². The Labute approximate surface area is 168 Å². The summed E-state index contributed by atoms with van der Waals surface area (Å²) < 4.78 is 22.2. The van der Waals surface area contributed by atoms with Crippen molar-refractivity contribution < 1.29 is 13.9 Å². The van der Waals surface area contributed by atoms with Crippen LogP contribution in [0.3, 0.4) is 0 Å². The fourth-order valence-electron chi connectivity index (χ4n) is 3.50. The third kappa shape index (κ3) is 4.23. The first-order valence-corrected chi connectivity index (χ1v) is 9.70. The molecule has 3 heterocycles. The zero-order valence-electron chi connectivity index (χ0n) is 16.3. The van der Waals surface area contributed by atoms with E-state index in [2.05, 4.69) is 15.3 Å². The highest BCUT2D eigenvalue weighted by Crippen LogP contribution is 2.23. The lowest BCUT2D eigenvalue weighted by Crippen LogP contribution is -2.41. The van der Waals surface area contributed by atoms with E-state index < -0.39 is 0 Å². The summed E-state index contributed by atoms with van der Waals surface area (Å²) in [6.45, 7) is 6.36. The standard InChI is InChI=1S/C21H24FN5O2/c1-16-19(20(28)23-8-11-25-12-14-29-15-13-25)21(26-9-2-3-10-26)27(24-16)18-6-4-17(22)5-7-18/h2-7,9-10H,8,11-15H2,1H3,(H,23,28). The summed E-state index contributed by atoms with van der Waals surface area (Å²) in [4.78, 5) is 15.3. The quantitative estimate of drug-likeness (QED) is 0.693. The minimum atomic E-state index is -0.318. The van der Waals surface area contributed by atoms with Gasteiger partial charge in [0.2, 0.25) is 0 Å². The molecule has 1 aromatic carbocycles. The van der Waals surface area contributed by atoms with Gasteiger partial charge in [-0.3, -0.25) is 9.69 Å². The maximum Gasteiger partial charge on any atom is 0.257 e. The Morgan fingerprint density at radius 1 is 1.17 bits per heavy atom. The van der Waals surface area contributed by atoms with E-state index in [0.29, 0.717) is 29.3 Å². The second-order valence-corrected chi connectivity index (χ2v) is 6.97. The number of benzene rings is 1. The molecule has 8 heteroatoms. The van der Waals surface area contributed by atoms with Gasteiger partial charge in [0.1, 0.15) is 11.4 Å². The minimum absolute atomic E-state index is 0.173. The van der Waals surface area contributed by atoms with Gasteiger partial charge in [0.15, 0.2) is 5.82 Å². The molecular formula is C21H24FN5O2. The first-order valence-electron chi connectivity index (χ1n) is 9.70. The number of carbonyl (C=O) groups excluding carboxylic acids is 1. The van der Waals surface area contributed by atoms with Crippen LogP contribution >= 0.6 is 0 Å². The Morgan fingerprint density at radius 3 is 2.55 bits per heavy atom. The SMILES string of the molecule is Cc1nn(-c2ccc(F)cc2)c(-n2cccc2)c1C(=O)NCCN1CCOCC1. The van der Waals surface area contributed by atoms with E-state index in [1.807, 2.05) is 36.0 Å². The van der Waals surface area contributed by atoms with Crippen molar-refractivity contribution in [3.8, 4) is 11.5 Å². The zero-order valence-corrected chi connectivity index (χ0v) is 16.3. The Kier molecular flexibility index (Phi) is 5.73. The molecule has 152 valence electrons. The van der Waals surface area contributed by atoms with Crippen molar-refractivity contribution in [3.63, 3.8) is 0 Å². The van der Waals surface area contributed by atoms with Crippen LogP contribution in [-0.4, -0.2) is 64.5 Å². The van der Waals surface area contributed by atoms with Gasteiger partial charge in [-0.15, -0.1) is 0 Å². The Bertz CT molecular complexity index is 960. The molecule has 0 spiro atoms. The molecule has 0 atom stereocenters. The van der Waals surface area contributed by atoms with Crippen molar-refractivity contribution in [1.82, 2.24) is 24.6 Å². The maximum absolute atomic E-state index is 13.4. The number of aryl methyl sites for hydroxylation is 1. The number of amides is 1. The molecule has 1 saturated heterocycles. The van der Waals surface area contributed by atoms with Gasteiger partial charge < -0.3 is 14.6 Å². The normalized spacial score (nSPS) is 14.8. The van der Waals surface area contributed by atoms with E-state index in [-0.39, 0.29) is 11.7 Å². The molecule has 7 nitrogen and oxygen atoms in total. The topological polar surface area (TPSA) is 64.3 Å². The summed E-state index contributed by atoms with van der Waals surface area (Å²) in [5, 5.41) is 7.59. The van der Waals surface area contributed by atoms with Crippen molar-refractivity contribution in [3.05, 3.63) is 65.9 Å². The van der Waals surface area contributed by atoms with Crippen molar-refractivity contribution in [2.45, 2.75) is 6.92 Å². The summed E-state index contributed by atoms with van der Waals surface area (Å²) in [5.74, 6) is 0.136. The largest absolute Gasteiger partial charge is 0.379 e. The second-order valence-electron chi connectivity index (χ2n) is 6.97. The van der Waals surface area contributed by atoms with Crippen LogP contribution in [0.15, 0.2) is 48.8 Å². The average molecular weight is 397 g/mol. The van der Waals surface area contributed by atoms with Crippen molar-refractivity contribution in [2.24, 2.45) is 0 Å². The summed E-state index contributed by atoms with van der Waals surface area (Å²) in [6.07, 6.45) is 3.72. The van der Waals surface area contributed by atoms with Crippen molar-refractivity contribution >= 4 is 5.91 Å². The lowest BCUT2D eigenvalue weighted by Gasteiger charge is -2.26. The van der Waals surface area contributed by atoms with E-state index in [0.717, 1.165) is 32.8 Å². The van der Waals surface area contributed by atoms with Gasteiger partial charge in [-0.2, -0.15) is 5.10 Å². The molecule has 4 rings (SSSR count). The van der Waals surface area contributed by atoms with Crippen LogP contribution in [0.25, 0.3) is 11.5 Å². The number of carbonyl (C=O) groups is 1. The van der Waals surface area contributed by atoms with E-state index in [1.165, 1.54) is 12.1 Å². The molecule has 1 aliphatic rings. The van der Waals surface area contributed by atoms with Gasteiger partial charge in [0, 0.05) is 38.6 Å². The van der Waals surface area contributed by atoms with Crippen molar-refractivity contribution in [1.29, 1.82) is 0 Å². The third-order valence-electron chi connectivity index (χ3n) is 5.00. The fraction of sp³-hybridized carbons (Fsp3) is 0.333. The highest BCUT2D eigenvalue weighted by molar-refractivity contribution is 5.98. The van der Waals surface area contributed by atoms with Crippen LogP contribution in [0.4, 0.5) is 4.39 Å². The highest BCUT2D eigenvalue weighted by atomic mass is 19.1. The minimum Gasteiger partial charge on any atom is -0.379 e. The molecule has 1 N–H and O–H groups in total. The number of morpholine rings is 1. The summed E-state index contributed by atoms with van der Waals surface area (Å²) in [5.41, 5.74) is 1.81. The zero-order chi connectivity index (χ0) is 20.2. The summed E-state index contributed by atoms with van der Waals surface area (Å²) in [7, 11) is 0. The predicted octanol–water partition coefficient (Wildman–Crippen LogP) is 2.17. The second kappa shape index (κ2) is 8.59. The number of aromatic nitrogens is 3. The molecule has 0 saturated carbocycles. The van der Waals surface area contributed by atoms with E-state index in [1.54, 1.807) is 16.8 Å². The number of hydrogen-bond acceptors (Lipinski definition) is 4. The first kappa shape index (κ1) is 19.4. The number of nitrogens with zero attached hydrogens (tertiary/aromatic N) is 4. The Morgan fingerprint density at radius 2 is 1.86 bits per heavy atom. The van der Waals surface area contributed by atoms with Crippen LogP contribution in [0.5, 0.6) is 0 Å². The van der Waals surface area contributed by atoms with Crippen LogP contribution in [0, 0.1) is 12.7 Å². The van der Waals surface area contributed by atoms with Gasteiger partial charge in [0.25, 0.3) is 5.91 Å². The smallest absolute Gasteiger partial charge is 0.257 e. The average Bonchev–Trinajstić information content (AvgIpc) is 3.37. The molecule has 1 amide bonds. The monoisotopic (exact) mass is 397 g/mol. The highest BCUT2D eigenvalue weighted by Gasteiger charge is 2.23.